The van der Waals surface area contributed by atoms with E-state index in [1.54, 1.807) is 24.3 Å². The number of para-hydroxylation sites is 1. The van der Waals surface area contributed by atoms with Crippen LogP contribution in [-0.4, -0.2) is 11.3 Å². The fourth-order valence-electron chi connectivity index (χ4n) is 4.89. The van der Waals surface area contributed by atoms with Gasteiger partial charge in [-0.3, -0.25) is 0 Å². The monoisotopic (exact) mass is 360 g/mol. The Bertz CT molecular complexity index is 1040. The van der Waals surface area contributed by atoms with Gasteiger partial charge in [0.1, 0.15) is 17.2 Å². The summed E-state index contributed by atoms with van der Waals surface area (Å²) in [4.78, 5) is 12.5. The zero-order valence-electron chi connectivity index (χ0n) is 15.0. The minimum absolute atomic E-state index is 0.315. The third-order valence-electron chi connectivity index (χ3n) is 6.01. The molecule has 1 N–H and O–H groups in total. The molecule has 0 amide bonds. The van der Waals surface area contributed by atoms with E-state index in [1.807, 2.05) is 30.3 Å². The smallest absolute Gasteiger partial charge is 0.507 e. The molecule has 0 aliphatic heterocycles. The Kier molecular flexibility index (Phi) is 3.61. The Morgan fingerprint density at radius 1 is 0.926 bits per heavy atom. The summed E-state index contributed by atoms with van der Waals surface area (Å²) in [6, 6.07) is 16.4. The predicted molar refractivity (Wildman–Crippen MR) is 103 cm³/mol. The number of carbonyl (C=O) groups excluding carboxylic acids is 1. The van der Waals surface area contributed by atoms with Gasteiger partial charge in [0.05, 0.1) is 0 Å². The van der Waals surface area contributed by atoms with E-state index in [0.29, 0.717) is 35.0 Å². The molecule has 0 saturated heterocycles. The van der Waals surface area contributed by atoms with Crippen molar-refractivity contribution in [3.05, 3.63) is 65.7 Å². The molecule has 3 aromatic carbocycles. The average molecular weight is 360 g/mol. The molecule has 0 radical (unpaired) electrons. The first kappa shape index (κ1) is 16.2. The molecule has 3 unspecified atom stereocenters. The molecule has 3 atom stereocenters. The van der Waals surface area contributed by atoms with Crippen molar-refractivity contribution in [3.63, 3.8) is 0 Å². The zero-order valence-corrected chi connectivity index (χ0v) is 15.0. The molecular formula is C23H20O4. The van der Waals surface area contributed by atoms with Crippen molar-refractivity contribution >= 4 is 16.9 Å². The van der Waals surface area contributed by atoms with E-state index in [9.17, 15) is 9.90 Å². The summed E-state index contributed by atoms with van der Waals surface area (Å²) in [7, 11) is 0. The molecule has 27 heavy (non-hydrogen) atoms. The van der Waals surface area contributed by atoms with Crippen LogP contribution in [0.15, 0.2) is 54.6 Å². The van der Waals surface area contributed by atoms with E-state index in [1.165, 1.54) is 0 Å². The Hall–Kier alpha value is -3.01. The second-order valence-corrected chi connectivity index (χ2v) is 7.57. The van der Waals surface area contributed by atoms with E-state index in [2.05, 4.69) is 6.92 Å². The van der Waals surface area contributed by atoms with Gasteiger partial charge in [-0.1, -0.05) is 49.4 Å². The number of phenolic OH excluding ortho intramolecular Hbond substituents is 1. The Balaban J connectivity index is 1.61. The summed E-state index contributed by atoms with van der Waals surface area (Å²) in [5.74, 6) is 2.48. The largest absolute Gasteiger partial charge is 0.519 e. The lowest BCUT2D eigenvalue weighted by Crippen LogP contribution is -2.17. The second kappa shape index (κ2) is 6.02. The SMILES string of the molecule is CC1CC2CC1c1c2c(OC(=O)Oc2ccccc2)c2ccccc2c1O. The fourth-order valence-corrected chi connectivity index (χ4v) is 4.89. The van der Waals surface area contributed by atoms with Crippen LogP contribution in [0.4, 0.5) is 4.79 Å². The van der Waals surface area contributed by atoms with Crippen LogP contribution in [0.25, 0.3) is 10.8 Å². The summed E-state index contributed by atoms with van der Waals surface area (Å²) in [5, 5.41) is 12.4. The second-order valence-electron chi connectivity index (χ2n) is 7.57. The van der Waals surface area contributed by atoms with Crippen molar-refractivity contribution in [1.82, 2.24) is 0 Å². The number of benzene rings is 3. The molecular weight excluding hydrogens is 340 g/mol. The van der Waals surface area contributed by atoms with Gasteiger partial charge in [0.15, 0.2) is 0 Å². The highest BCUT2D eigenvalue weighted by atomic mass is 16.7. The molecule has 136 valence electrons. The minimum atomic E-state index is -0.755. The summed E-state index contributed by atoms with van der Waals surface area (Å²) >= 11 is 0. The van der Waals surface area contributed by atoms with E-state index in [0.717, 1.165) is 34.7 Å². The van der Waals surface area contributed by atoms with Gasteiger partial charge in [0, 0.05) is 21.9 Å². The quantitative estimate of drug-likeness (QED) is 0.468. The number of carbonyl (C=O) groups is 1. The molecule has 5 rings (SSSR count). The van der Waals surface area contributed by atoms with Crippen LogP contribution in [0.2, 0.25) is 0 Å². The van der Waals surface area contributed by atoms with Crippen molar-refractivity contribution in [3.8, 4) is 17.2 Å². The third-order valence-corrected chi connectivity index (χ3v) is 6.01. The maximum Gasteiger partial charge on any atom is 0.519 e. The highest BCUT2D eigenvalue weighted by Gasteiger charge is 2.46. The van der Waals surface area contributed by atoms with Crippen LogP contribution in [0.3, 0.4) is 0 Å². The molecule has 4 nitrogen and oxygen atoms in total. The van der Waals surface area contributed by atoms with E-state index in [4.69, 9.17) is 9.47 Å². The van der Waals surface area contributed by atoms with Crippen molar-refractivity contribution in [2.45, 2.75) is 31.6 Å². The van der Waals surface area contributed by atoms with E-state index >= 15 is 0 Å². The minimum Gasteiger partial charge on any atom is -0.507 e. The number of ether oxygens (including phenoxy) is 2. The summed E-state index contributed by atoms with van der Waals surface area (Å²) < 4.78 is 11.1. The molecule has 1 saturated carbocycles. The van der Waals surface area contributed by atoms with Crippen LogP contribution in [0, 0.1) is 5.92 Å². The maximum atomic E-state index is 12.5. The van der Waals surface area contributed by atoms with Gasteiger partial charge in [-0.25, -0.2) is 4.79 Å². The maximum absolute atomic E-state index is 12.5. The molecule has 3 aromatic rings. The predicted octanol–water partition coefficient (Wildman–Crippen LogP) is 5.73. The van der Waals surface area contributed by atoms with E-state index in [-0.39, 0.29) is 0 Å². The van der Waals surface area contributed by atoms with Gasteiger partial charge in [-0.05, 0) is 42.7 Å². The van der Waals surface area contributed by atoms with Gasteiger partial charge < -0.3 is 14.6 Å². The zero-order chi connectivity index (χ0) is 18.5. The Morgan fingerprint density at radius 3 is 2.41 bits per heavy atom. The number of phenols is 1. The fraction of sp³-hybridized carbons (Fsp3) is 0.261. The number of fused-ring (bicyclic) bond motifs is 6. The lowest BCUT2D eigenvalue weighted by atomic mass is 9.82. The van der Waals surface area contributed by atoms with Gasteiger partial charge >= 0.3 is 6.16 Å². The highest BCUT2D eigenvalue weighted by molar-refractivity contribution is 5.98. The van der Waals surface area contributed by atoms with Gasteiger partial charge in [0.25, 0.3) is 0 Å². The lowest BCUT2D eigenvalue weighted by molar-refractivity contribution is 0.152. The molecule has 2 aliphatic rings. The van der Waals surface area contributed by atoms with Gasteiger partial charge in [-0.2, -0.15) is 0 Å². The average Bonchev–Trinajstić information content (AvgIpc) is 3.23. The van der Waals surface area contributed by atoms with Gasteiger partial charge in [-0.15, -0.1) is 0 Å². The molecule has 0 spiro atoms. The van der Waals surface area contributed by atoms with Crippen LogP contribution in [0.1, 0.15) is 42.7 Å². The molecule has 0 aromatic heterocycles. The van der Waals surface area contributed by atoms with Crippen molar-refractivity contribution < 1.29 is 19.4 Å². The van der Waals surface area contributed by atoms with Crippen molar-refractivity contribution in [2.75, 3.05) is 0 Å². The van der Waals surface area contributed by atoms with Crippen molar-refractivity contribution in [1.29, 1.82) is 0 Å². The number of hydrogen-bond donors (Lipinski definition) is 1. The van der Waals surface area contributed by atoms with Gasteiger partial charge in [0.2, 0.25) is 0 Å². The first-order valence-electron chi connectivity index (χ1n) is 9.35. The van der Waals surface area contributed by atoms with E-state index < -0.39 is 6.16 Å². The van der Waals surface area contributed by atoms with Crippen LogP contribution >= 0.6 is 0 Å². The van der Waals surface area contributed by atoms with Crippen LogP contribution in [0.5, 0.6) is 17.2 Å². The Morgan fingerprint density at radius 2 is 1.63 bits per heavy atom. The molecule has 2 aliphatic carbocycles. The Labute approximate surface area is 157 Å². The third kappa shape index (κ3) is 2.47. The summed E-state index contributed by atoms with van der Waals surface area (Å²) in [6.07, 6.45) is 1.30. The summed E-state index contributed by atoms with van der Waals surface area (Å²) in [6.45, 7) is 2.23. The van der Waals surface area contributed by atoms with Crippen molar-refractivity contribution in [2.24, 2.45) is 5.92 Å². The number of rotatable bonds is 2. The molecule has 1 fully saturated rings. The molecule has 0 heterocycles. The lowest BCUT2D eigenvalue weighted by Gasteiger charge is -2.25. The standard InChI is InChI=1S/C23H20O4/c1-13-11-14-12-18(13)20-19(14)22(17-10-6-5-9-16(17)21(20)24)27-23(25)26-15-7-3-2-4-8-15/h2-10,13-14,18,24H,11-12H2,1H3. The first-order valence-corrected chi connectivity index (χ1v) is 9.35. The van der Waals surface area contributed by atoms with Crippen LogP contribution < -0.4 is 9.47 Å². The van der Waals surface area contributed by atoms with Crippen LogP contribution in [-0.2, 0) is 0 Å². The number of hydrogen-bond acceptors (Lipinski definition) is 4. The molecule has 4 heteroatoms. The highest BCUT2D eigenvalue weighted by Crippen LogP contribution is 2.62. The molecule has 2 bridgehead atoms. The summed E-state index contributed by atoms with van der Waals surface area (Å²) in [5.41, 5.74) is 1.94. The topological polar surface area (TPSA) is 55.8 Å². The normalized spacial score (nSPS) is 22.6. The number of aromatic hydroxyl groups is 1. The first-order chi connectivity index (χ1) is 13.1.